The summed E-state index contributed by atoms with van der Waals surface area (Å²) >= 11 is 0.405. The average molecular weight is 215 g/mol. The first-order valence-electron chi connectivity index (χ1n) is 4.26. The number of hydrogen-bond acceptors (Lipinski definition) is 5. The van der Waals surface area contributed by atoms with Gasteiger partial charge in [0.15, 0.2) is 0 Å². The molecule has 0 aliphatic heterocycles. The largest absolute Gasteiger partial charge is 0.506 e. The molecule has 0 aliphatic rings. The highest BCUT2D eigenvalue weighted by molar-refractivity contribution is 7.95. The molecule has 0 saturated heterocycles. The SMILES string of the molecule is CC[C@H](O)c1ccc(O)c(NSO)c1. The van der Waals surface area contributed by atoms with Crippen LogP contribution in [0.2, 0.25) is 0 Å². The van der Waals surface area contributed by atoms with Crippen LogP contribution >= 0.6 is 12.2 Å². The van der Waals surface area contributed by atoms with Crippen LogP contribution < -0.4 is 4.72 Å². The molecule has 5 heteroatoms. The molecule has 1 atom stereocenters. The molecule has 4 N–H and O–H groups in total. The van der Waals surface area contributed by atoms with Crippen LogP contribution in [0, 0.1) is 0 Å². The average Bonchev–Trinajstić information content (AvgIpc) is 2.20. The minimum atomic E-state index is -0.542. The lowest BCUT2D eigenvalue weighted by molar-refractivity contribution is 0.173. The smallest absolute Gasteiger partial charge is 0.139 e. The Morgan fingerprint density at radius 3 is 2.79 bits per heavy atom. The second-order valence-electron chi connectivity index (χ2n) is 2.89. The lowest BCUT2D eigenvalue weighted by Gasteiger charge is -2.11. The number of phenols is 1. The summed E-state index contributed by atoms with van der Waals surface area (Å²) in [4.78, 5) is 0. The highest BCUT2D eigenvalue weighted by Crippen LogP contribution is 2.29. The molecule has 0 aromatic heterocycles. The van der Waals surface area contributed by atoms with E-state index >= 15 is 0 Å². The fourth-order valence-electron chi connectivity index (χ4n) is 1.13. The predicted octanol–water partition coefficient (Wildman–Crippen LogP) is 2.37. The van der Waals surface area contributed by atoms with Gasteiger partial charge >= 0.3 is 0 Å². The number of aliphatic hydroxyl groups is 1. The van der Waals surface area contributed by atoms with Gasteiger partial charge in [-0.05, 0) is 24.1 Å². The van der Waals surface area contributed by atoms with Crippen molar-refractivity contribution in [2.45, 2.75) is 19.4 Å². The fourth-order valence-corrected chi connectivity index (χ4v) is 1.39. The molecule has 1 aromatic rings. The van der Waals surface area contributed by atoms with Crippen molar-refractivity contribution in [3.63, 3.8) is 0 Å². The monoisotopic (exact) mass is 215 g/mol. The third-order valence-corrected chi connectivity index (χ3v) is 2.26. The van der Waals surface area contributed by atoms with Gasteiger partial charge in [0.25, 0.3) is 0 Å². The normalized spacial score (nSPS) is 12.5. The lowest BCUT2D eigenvalue weighted by Crippen LogP contribution is -1.96. The lowest BCUT2D eigenvalue weighted by atomic mass is 10.1. The second-order valence-corrected chi connectivity index (χ2v) is 3.28. The highest BCUT2D eigenvalue weighted by Gasteiger charge is 2.08. The number of anilines is 1. The zero-order valence-electron chi connectivity index (χ0n) is 7.77. The van der Waals surface area contributed by atoms with E-state index in [1.807, 2.05) is 6.92 Å². The Kier molecular flexibility index (Phi) is 4.06. The van der Waals surface area contributed by atoms with Crippen molar-refractivity contribution in [3.8, 4) is 5.75 Å². The van der Waals surface area contributed by atoms with Crippen LogP contribution in [0.5, 0.6) is 5.75 Å². The quantitative estimate of drug-likeness (QED) is 0.352. The number of phenolic OH excluding ortho intramolecular Hbond substituents is 1. The summed E-state index contributed by atoms with van der Waals surface area (Å²) < 4.78 is 11.1. The van der Waals surface area contributed by atoms with Crippen molar-refractivity contribution in [2.75, 3.05) is 4.72 Å². The van der Waals surface area contributed by atoms with E-state index in [0.717, 1.165) is 0 Å². The van der Waals surface area contributed by atoms with Gasteiger partial charge in [-0.15, -0.1) is 0 Å². The first-order valence-corrected chi connectivity index (χ1v) is 5.03. The molecule has 0 fully saturated rings. The van der Waals surface area contributed by atoms with Crippen molar-refractivity contribution < 1.29 is 14.8 Å². The minimum absolute atomic E-state index is 0.0404. The van der Waals surface area contributed by atoms with Crippen LogP contribution in [0.25, 0.3) is 0 Å². The molecular weight excluding hydrogens is 202 g/mol. The summed E-state index contributed by atoms with van der Waals surface area (Å²) in [7, 11) is 0. The summed E-state index contributed by atoms with van der Waals surface area (Å²) in [6.45, 7) is 1.87. The molecule has 0 spiro atoms. The Hall–Kier alpha value is -0.910. The zero-order valence-corrected chi connectivity index (χ0v) is 8.58. The maximum absolute atomic E-state index is 9.53. The van der Waals surface area contributed by atoms with Crippen LogP contribution in [0.1, 0.15) is 25.0 Å². The molecule has 78 valence electrons. The van der Waals surface area contributed by atoms with Gasteiger partial charge in [-0.2, -0.15) is 0 Å². The molecule has 4 nitrogen and oxygen atoms in total. The molecule has 1 rings (SSSR count). The molecule has 14 heavy (non-hydrogen) atoms. The van der Waals surface area contributed by atoms with E-state index in [1.54, 1.807) is 12.1 Å². The first-order chi connectivity index (χ1) is 6.69. The van der Waals surface area contributed by atoms with Crippen molar-refractivity contribution in [1.29, 1.82) is 0 Å². The van der Waals surface area contributed by atoms with Crippen LogP contribution in [0.4, 0.5) is 5.69 Å². The second kappa shape index (κ2) is 5.09. The van der Waals surface area contributed by atoms with Gasteiger partial charge in [0.2, 0.25) is 0 Å². The van der Waals surface area contributed by atoms with E-state index in [-0.39, 0.29) is 5.75 Å². The summed E-state index contributed by atoms with van der Waals surface area (Å²) in [5.74, 6) is 0.0404. The summed E-state index contributed by atoms with van der Waals surface area (Å²) in [6.07, 6.45) is 0.0658. The number of benzene rings is 1. The van der Waals surface area contributed by atoms with Gasteiger partial charge in [0.05, 0.1) is 11.8 Å². The molecule has 0 aliphatic carbocycles. The Bertz CT molecular complexity index is 306. The Labute approximate surface area is 86.9 Å². The van der Waals surface area contributed by atoms with Crippen molar-refractivity contribution >= 4 is 17.9 Å². The van der Waals surface area contributed by atoms with E-state index < -0.39 is 6.10 Å². The number of aromatic hydroxyl groups is 1. The third-order valence-electron chi connectivity index (χ3n) is 1.95. The van der Waals surface area contributed by atoms with Crippen LogP contribution in [-0.2, 0) is 0 Å². The van der Waals surface area contributed by atoms with Gasteiger partial charge in [0.1, 0.15) is 18.0 Å². The predicted molar refractivity (Wildman–Crippen MR) is 57.2 cm³/mol. The van der Waals surface area contributed by atoms with Crippen LogP contribution in [0.3, 0.4) is 0 Å². The molecule has 0 radical (unpaired) electrons. The number of rotatable bonds is 4. The Morgan fingerprint density at radius 1 is 1.50 bits per heavy atom. The minimum Gasteiger partial charge on any atom is -0.506 e. The van der Waals surface area contributed by atoms with Crippen LogP contribution in [-0.4, -0.2) is 14.8 Å². The molecule has 0 bridgehead atoms. The molecular formula is C9H13NO3S. The van der Waals surface area contributed by atoms with Gasteiger partial charge in [-0.3, -0.25) is 0 Å². The van der Waals surface area contributed by atoms with Gasteiger partial charge < -0.3 is 19.5 Å². The molecule has 0 unspecified atom stereocenters. The van der Waals surface area contributed by atoms with E-state index in [0.29, 0.717) is 29.9 Å². The number of hydrogen-bond donors (Lipinski definition) is 4. The maximum atomic E-state index is 9.53. The summed E-state index contributed by atoms with van der Waals surface area (Å²) in [5.41, 5.74) is 1.10. The topological polar surface area (TPSA) is 72.7 Å². The molecule has 0 amide bonds. The molecule has 1 aromatic carbocycles. The van der Waals surface area contributed by atoms with Gasteiger partial charge in [0, 0.05) is 0 Å². The van der Waals surface area contributed by atoms with E-state index in [1.165, 1.54) is 6.07 Å². The van der Waals surface area contributed by atoms with Gasteiger partial charge in [-0.1, -0.05) is 13.0 Å². The maximum Gasteiger partial charge on any atom is 0.139 e. The fraction of sp³-hybridized carbons (Fsp3) is 0.333. The van der Waals surface area contributed by atoms with E-state index in [9.17, 15) is 10.2 Å². The van der Waals surface area contributed by atoms with Crippen LogP contribution in [0.15, 0.2) is 18.2 Å². The number of aliphatic hydroxyl groups excluding tert-OH is 1. The summed E-state index contributed by atoms with van der Waals surface area (Å²) in [5, 5.41) is 18.9. The Morgan fingerprint density at radius 2 is 2.21 bits per heavy atom. The molecule has 0 heterocycles. The molecule has 0 saturated carbocycles. The van der Waals surface area contributed by atoms with Crippen molar-refractivity contribution in [2.24, 2.45) is 0 Å². The standard InChI is InChI=1S/C9H13NO3S/c1-2-8(11)6-3-4-9(12)7(5-6)10-14-13/h3-5,8,10-13H,2H2,1H3/t8-/m0/s1. The van der Waals surface area contributed by atoms with Crippen molar-refractivity contribution in [1.82, 2.24) is 0 Å². The zero-order chi connectivity index (χ0) is 10.6. The van der Waals surface area contributed by atoms with Gasteiger partial charge in [-0.25, -0.2) is 0 Å². The van der Waals surface area contributed by atoms with Crippen molar-refractivity contribution in [3.05, 3.63) is 23.8 Å². The van der Waals surface area contributed by atoms with E-state index in [2.05, 4.69) is 4.72 Å². The Balaban J connectivity index is 2.93. The number of nitrogens with one attached hydrogen (secondary N) is 1. The third kappa shape index (κ3) is 2.54. The van der Waals surface area contributed by atoms with E-state index in [4.69, 9.17) is 4.55 Å². The first kappa shape index (κ1) is 11.2. The highest BCUT2D eigenvalue weighted by atomic mass is 32.2. The summed E-state index contributed by atoms with van der Waals surface area (Å²) in [6, 6.07) is 4.73.